The average molecular weight is 152 g/mol. The van der Waals surface area contributed by atoms with Gasteiger partial charge in [0.25, 0.3) is 0 Å². The molecule has 0 aliphatic rings. The van der Waals surface area contributed by atoms with Gasteiger partial charge in [-0.2, -0.15) is 0 Å². The second-order valence-corrected chi connectivity index (χ2v) is 1.61. The van der Waals surface area contributed by atoms with Gasteiger partial charge < -0.3 is 15.3 Å². The highest BCUT2D eigenvalue weighted by molar-refractivity contribution is 5.72. The summed E-state index contributed by atoms with van der Waals surface area (Å²) < 4.78 is 0. The molecule has 0 aromatic carbocycles. The second-order valence-electron chi connectivity index (χ2n) is 1.61. The maximum absolute atomic E-state index is 9.97. The zero-order valence-corrected chi connectivity index (χ0v) is 4.97. The molecule has 0 radical (unpaired) electrons. The van der Waals surface area contributed by atoms with Gasteiger partial charge in [0.05, 0.1) is 6.61 Å². The van der Waals surface area contributed by atoms with Crippen molar-refractivity contribution in [2.24, 2.45) is 0 Å². The third-order valence-corrected chi connectivity index (χ3v) is 0.893. The van der Waals surface area contributed by atoms with Crippen LogP contribution < -0.4 is 0 Å². The first-order chi connectivity index (χ1) is 4.63. The highest BCUT2D eigenvalue weighted by Crippen LogP contribution is 1.96. The van der Waals surface area contributed by atoms with Gasteiger partial charge in [-0.1, -0.05) is 0 Å². The average Bonchev–Trinajstić information content (AvgIpc) is 1.88. The van der Waals surface area contributed by atoms with Crippen molar-refractivity contribution in [1.29, 1.82) is 0 Å². The van der Waals surface area contributed by atoms with E-state index in [1.165, 1.54) is 0 Å². The smallest absolute Gasteiger partial charge is 0.339 e. The van der Waals surface area contributed by atoms with E-state index in [0.29, 0.717) is 0 Å². The summed E-state index contributed by atoms with van der Waals surface area (Å²) >= 11 is 0. The first-order valence-electron chi connectivity index (χ1n) is 2.45. The molecule has 0 spiro atoms. The summed E-state index contributed by atoms with van der Waals surface area (Å²) in [7, 11) is 0. The number of hydrogen-bond acceptors (Lipinski definition) is 5. The minimum absolute atomic E-state index is 0.780. The van der Waals surface area contributed by atoms with E-state index in [9.17, 15) is 4.79 Å². The van der Waals surface area contributed by atoms with Crippen LogP contribution in [-0.2, 0) is 9.68 Å². The molecule has 0 aliphatic heterocycles. The molecule has 0 aromatic rings. The molecule has 0 saturated carbocycles. The molecule has 0 aromatic heterocycles. The molecule has 6 heteroatoms. The molecule has 0 bridgehead atoms. The van der Waals surface area contributed by atoms with E-state index in [1.54, 1.807) is 0 Å². The second kappa shape index (κ2) is 4.18. The van der Waals surface area contributed by atoms with Crippen molar-refractivity contribution in [2.45, 2.75) is 12.2 Å². The van der Waals surface area contributed by atoms with Gasteiger partial charge in [-0.05, 0) is 0 Å². The molecule has 6 nitrogen and oxygen atoms in total. The zero-order valence-electron chi connectivity index (χ0n) is 4.97. The van der Waals surface area contributed by atoms with Crippen molar-refractivity contribution in [3.8, 4) is 0 Å². The third kappa shape index (κ3) is 2.28. The molecule has 0 heterocycles. The van der Waals surface area contributed by atoms with Gasteiger partial charge in [-0.25, -0.2) is 9.68 Å². The molecule has 0 rings (SSSR count). The summed E-state index contributed by atoms with van der Waals surface area (Å²) in [6.45, 7) is -0.780. The lowest BCUT2D eigenvalue weighted by Crippen LogP contribution is -2.38. The molecule has 4 N–H and O–H groups in total. The number of aliphatic hydroxyl groups excluding tert-OH is 2. The Morgan fingerprint density at radius 2 is 2.10 bits per heavy atom. The Balaban J connectivity index is 3.92. The summed E-state index contributed by atoms with van der Waals surface area (Å²) in [5, 5.41) is 32.7. The number of carboxylic acids is 1. The molecule has 10 heavy (non-hydrogen) atoms. The standard InChI is InChI=1S/C4H8O6/c5-1-2(6)3(10-9)4(7)8/h2-3,5-6,9H,1H2,(H,7,8). The molecule has 0 amide bonds. The maximum Gasteiger partial charge on any atom is 0.339 e. The molecular formula is C4H8O6. The number of aliphatic carboxylic acids is 1. The van der Waals surface area contributed by atoms with Gasteiger partial charge in [0.1, 0.15) is 6.10 Å². The van der Waals surface area contributed by atoms with Crippen LogP contribution in [0.2, 0.25) is 0 Å². The number of rotatable bonds is 4. The fourth-order valence-electron chi connectivity index (χ4n) is 0.376. The molecule has 0 saturated heterocycles. The summed E-state index contributed by atoms with van der Waals surface area (Å²) in [5.74, 6) is -1.54. The van der Waals surface area contributed by atoms with Crippen LogP contribution >= 0.6 is 0 Å². The van der Waals surface area contributed by atoms with Crippen molar-refractivity contribution in [1.82, 2.24) is 0 Å². The van der Waals surface area contributed by atoms with Gasteiger partial charge in [-0.15, -0.1) is 0 Å². The Morgan fingerprint density at radius 3 is 2.20 bits per heavy atom. The van der Waals surface area contributed by atoms with Crippen LogP contribution in [0.15, 0.2) is 0 Å². The lowest BCUT2D eigenvalue weighted by atomic mass is 10.2. The Kier molecular flexibility index (Phi) is 3.89. The van der Waals surface area contributed by atoms with Gasteiger partial charge in [0.15, 0.2) is 0 Å². The predicted octanol–water partition coefficient (Wildman–Crippen LogP) is -1.72. The molecule has 0 aliphatic carbocycles. The van der Waals surface area contributed by atoms with E-state index >= 15 is 0 Å². The van der Waals surface area contributed by atoms with Crippen molar-refractivity contribution in [2.75, 3.05) is 6.61 Å². The van der Waals surface area contributed by atoms with E-state index in [-0.39, 0.29) is 0 Å². The number of aliphatic hydroxyl groups is 2. The van der Waals surface area contributed by atoms with Gasteiger partial charge in [0, 0.05) is 0 Å². The van der Waals surface area contributed by atoms with Crippen molar-refractivity contribution < 1.29 is 30.3 Å². The topological polar surface area (TPSA) is 107 Å². The van der Waals surface area contributed by atoms with E-state index in [1.807, 2.05) is 0 Å². The maximum atomic E-state index is 9.97. The van der Waals surface area contributed by atoms with Crippen LogP contribution in [0.25, 0.3) is 0 Å². The largest absolute Gasteiger partial charge is 0.479 e. The van der Waals surface area contributed by atoms with E-state index in [0.717, 1.165) is 0 Å². The lowest BCUT2D eigenvalue weighted by molar-refractivity contribution is -0.294. The Labute approximate surface area is 56.2 Å². The van der Waals surface area contributed by atoms with Crippen LogP contribution in [0.5, 0.6) is 0 Å². The zero-order chi connectivity index (χ0) is 8.15. The van der Waals surface area contributed by atoms with Gasteiger partial charge in [-0.3, -0.25) is 5.26 Å². The third-order valence-electron chi connectivity index (χ3n) is 0.893. The van der Waals surface area contributed by atoms with Crippen LogP contribution in [0.3, 0.4) is 0 Å². The molecular weight excluding hydrogens is 144 g/mol. The van der Waals surface area contributed by atoms with Gasteiger partial charge in [0.2, 0.25) is 6.10 Å². The summed E-state index contributed by atoms with van der Waals surface area (Å²) in [6.07, 6.45) is -3.40. The monoisotopic (exact) mass is 152 g/mol. The van der Waals surface area contributed by atoms with Crippen molar-refractivity contribution in [3.05, 3.63) is 0 Å². The minimum Gasteiger partial charge on any atom is -0.479 e. The molecule has 60 valence electrons. The fraction of sp³-hybridized carbons (Fsp3) is 0.750. The Hall–Kier alpha value is -0.690. The van der Waals surface area contributed by atoms with Crippen molar-refractivity contribution >= 4 is 5.97 Å². The lowest BCUT2D eigenvalue weighted by Gasteiger charge is -2.12. The van der Waals surface area contributed by atoms with E-state index < -0.39 is 24.8 Å². The SMILES string of the molecule is O=C(O)C(OO)C(O)CO. The fourth-order valence-corrected chi connectivity index (χ4v) is 0.376. The summed E-state index contributed by atoms with van der Waals surface area (Å²) in [4.78, 5) is 13.3. The molecule has 2 unspecified atom stereocenters. The van der Waals surface area contributed by atoms with Crippen LogP contribution in [0.4, 0.5) is 0 Å². The van der Waals surface area contributed by atoms with Crippen LogP contribution in [0.1, 0.15) is 0 Å². The van der Waals surface area contributed by atoms with Crippen LogP contribution in [0, 0.1) is 0 Å². The van der Waals surface area contributed by atoms with E-state index in [2.05, 4.69) is 4.89 Å². The van der Waals surface area contributed by atoms with Crippen LogP contribution in [-0.4, -0.2) is 45.4 Å². The summed E-state index contributed by atoms with van der Waals surface area (Å²) in [5.41, 5.74) is 0. The molecule has 0 fully saturated rings. The first-order valence-corrected chi connectivity index (χ1v) is 2.45. The Bertz CT molecular complexity index is 112. The molecule has 2 atom stereocenters. The number of hydrogen-bond donors (Lipinski definition) is 4. The first kappa shape index (κ1) is 9.31. The Morgan fingerprint density at radius 1 is 1.60 bits per heavy atom. The van der Waals surface area contributed by atoms with Crippen molar-refractivity contribution in [3.63, 3.8) is 0 Å². The highest BCUT2D eigenvalue weighted by atomic mass is 17.1. The number of carbonyl (C=O) groups is 1. The minimum atomic E-state index is -1.79. The van der Waals surface area contributed by atoms with Gasteiger partial charge >= 0.3 is 5.97 Å². The predicted molar refractivity (Wildman–Crippen MR) is 28.2 cm³/mol. The quantitative estimate of drug-likeness (QED) is 0.282. The van der Waals surface area contributed by atoms with E-state index in [4.69, 9.17) is 20.6 Å². The normalized spacial score (nSPS) is 16.3. The number of carboxylic acid groups (broad SMARTS) is 1. The summed E-state index contributed by atoms with van der Waals surface area (Å²) in [6, 6.07) is 0. The highest BCUT2D eigenvalue weighted by Gasteiger charge is 2.26.